The first-order valence-electron chi connectivity index (χ1n) is 6.10. The van der Waals surface area contributed by atoms with Crippen LogP contribution in [0.25, 0.3) is 0 Å². The van der Waals surface area contributed by atoms with E-state index in [4.69, 9.17) is 0 Å². The summed E-state index contributed by atoms with van der Waals surface area (Å²) in [7, 11) is 0. The maximum Gasteiger partial charge on any atom is 0.0181 e. The van der Waals surface area contributed by atoms with Crippen LogP contribution in [0.3, 0.4) is 0 Å². The van der Waals surface area contributed by atoms with Gasteiger partial charge < -0.3 is 5.32 Å². The smallest absolute Gasteiger partial charge is 0.0181 e. The summed E-state index contributed by atoms with van der Waals surface area (Å²) < 4.78 is 0. The van der Waals surface area contributed by atoms with E-state index in [0.717, 1.165) is 5.92 Å². The molecule has 0 amide bonds. The zero-order chi connectivity index (χ0) is 9.15. The molecule has 1 saturated carbocycles. The lowest BCUT2D eigenvalue weighted by Crippen LogP contribution is -2.50. The fourth-order valence-electron chi connectivity index (χ4n) is 3.10. The second kappa shape index (κ2) is 4.00. The third-order valence-corrected chi connectivity index (χ3v) is 4.22. The number of nitrogens with one attached hydrogen (secondary N) is 1. The molecule has 0 atom stereocenters. The average molecular weight is 181 g/mol. The molecule has 1 aliphatic carbocycles. The van der Waals surface area contributed by atoms with Crippen molar-refractivity contribution in [2.45, 2.75) is 63.8 Å². The monoisotopic (exact) mass is 181 g/mol. The largest absolute Gasteiger partial charge is 0.311 e. The highest BCUT2D eigenvalue weighted by molar-refractivity contribution is 4.94. The first-order chi connectivity index (χ1) is 6.35. The molecule has 0 bridgehead atoms. The van der Waals surface area contributed by atoms with E-state index in [-0.39, 0.29) is 0 Å². The number of hydrogen-bond donors (Lipinski definition) is 1. The molecule has 1 N–H and O–H groups in total. The maximum atomic E-state index is 3.78. The highest BCUT2D eigenvalue weighted by Crippen LogP contribution is 2.38. The van der Waals surface area contributed by atoms with Gasteiger partial charge in [0.25, 0.3) is 0 Å². The van der Waals surface area contributed by atoms with Gasteiger partial charge in [-0.25, -0.2) is 0 Å². The summed E-state index contributed by atoms with van der Waals surface area (Å²) in [5, 5.41) is 3.78. The van der Waals surface area contributed by atoms with Gasteiger partial charge in [0.15, 0.2) is 0 Å². The first kappa shape index (κ1) is 9.51. The molecule has 0 aromatic rings. The SMILES string of the molecule is CCC1CCC2(CCCCN2)CC1. The van der Waals surface area contributed by atoms with Crippen LogP contribution in [0.1, 0.15) is 58.3 Å². The molecule has 1 heteroatoms. The van der Waals surface area contributed by atoms with Crippen LogP contribution < -0.4 is 5.32 Å². The Morgan fingerprint density at radius 1 is 1.15 bits per heavy atom. The first-order valence-corrected chi connectivity index (χ1v) is 6.10. The lowest BCUT2D eigenvalue weighted by molar-refractivity contribution is 0.150. The highest BCUT2D eigenvalue weighted by atomic mass is 15.0. The van der Waals surface area contributed by atoms with Gasteiger partial charge in [-0.15, -0.1) is 0 Å². The molecular weight excluding hydrogens is 158 g/mol. The molecule has 2 rings (SSSR count). The molecule has 0 aromatic heterocycles. The normalized spacial score (nSPS) is 40.8. The van der Waals surface area contributed by atoms with Crippen molar-refractivity contribution >= 4 is 0 Å². The van der Waals surface area contributed by atoms with Crippen LogP contribution in [0.15, 0.2) is 0 Å². The van der Waals surface area contributed by atoms with Gasteiger partial charge in [-0.2, -0.15) is 0 Å². The molecule has 1 heterocycles. The van der Waals surface area contributed by atoms with E-state index in [0.29, 0.717) is 5.54 Å². The Balaban J connectivity index is 1.87. The summed E-state index contributed by atoms with van der Waals surface area (Å²) in [4.78, 5) is 0. The third kappa shape index (κ3) is 2.07. The third-order valence-electron chi connectivity index (χ3n) is 4.22. The van der Waals surface area contributed by atoms with Crippen molar-refractivity contribution in [2.24, 2.45) is 5.92 Å². The van der Waals surface area contributed by atoms with Crippen LogP contribution in [0.4, 0.5) is 0 Å². The second-order valence-electron chi connectivity index (χ2n) is 5.02. The molecule has 1 saturated heterocycles. The predicted octanol–water partition coefficient (Wildman–Crippen LogP) is 3.10. The van der Waals surface area contributed by atoms with Gasteiger partial charge in [-0.05, 0) is 51.0 Å². The van der Waals surface area contributed by atoms with E-state index in [2.05, 4.69) is 12.2 Å². The van der Waals surface area contributed by atoms with Gasteiger partial charge in [0.1, 0.15) is 0 Å². The molecule has 0 radical (unpaired) electrons. The van der Waals surface area contributed by atoms with E-state index < -0.39 is 0 Å². The van der Waals surface area contributed by atoms with Crippen molar-refractivity contribution in [3.05, 3.63) is 0 Å². The fourth-order valence-corrected chi connectivity index (χ4v) is 3.10. The topological polar surface area (TPSA) is 12.0 Å². The van der Waals surface area contributed by atoms with E-state index in [1.807, 2.05) is 0 Å². The van der Waals surface area contributed by atoms with Crippen LogP contribution >= 0.6 is 0 Å². The zero-order valence-electron chi connectivity index (χ0n) is 8.94. The van der Waals surface area contributed by atoms with Gasteiger partial charge in [0.05, 0.1) is 0 Å². The molecule has 2 fully saturated rings. The van der Waals surface area contributed by atoms with Crippen molar-refractivity contribution in [2.75, 3.05) is 6.54 Å². The van der Waals surface area contributed by atoms with Crippen molar-refractivity contribution < 1.29 is 0 Å². The van der Waals surface area contributed by atoms with Crippen LogP contribution in [0, 0.1) is 5.92 Å². The molecule has 76 valence electrons. The standard InChI is InChI=1S/C12H23N/c1-2-11-5-8-12(9-6-11)7-3-4-10-13-12/h11,13H,2-10H2,1H3. The van der Waals surface area contributed by atoms with E-state index in [9.17, 15) is 0 Å². The van der Waals surface area contributed by atoms with Crippen molar-refractivity contribution in [3.63, 3.8) is 0 Å². The van der Waals surface area contributed by atoms with Gasteiger partial charge >= 0.3 is 0 Å². The number of hydrogen-bond acceptors (Lipinski definition) is 1. The molecule has 1 nitrogen and oxygen atoms in total. The van der Waals surface area contributed by atoms with Gasteiger partial charge in [0, 0.05) is 5.54 Å². The molecular formula is C12H23N. The number of rotatable bonds is 1. The van der Waals surface area contributed by atoms with Crippen molar-refractivity contribution in [3.8, 4) is 0 Å². The zero-order valence-corrected chi connectivity index (χ0v) is 8.94. The Morgan fingerprint density at radius 3 is 2.46 bits per heavy atom. The van der Waals surface area contributed by atoms with Crippen LogP contribution in [0.5, 0.6) is 0 Å². The molecule has 13 heavy (non-hydrogen) atoms. The van der Waals surface area contributed by atoms with Crippen LogP contribution in [-0.4, -0.2) is 12.1 Å². The molecule has 0 aromatic carbocycles. The maximum absolute atomic E-state index is 3.78. The molecule has 2 aliphatic rings. The Kier molecular flexibility index (Phi) is 2.92. The highest BCUT2D eigenvalue weighted by Gasteiger charge is 2.35. The van der Waals surface area contributed by atoms with Crippen LogP contribution in [-0.2, 0) is 0 Å². The Bertz CT molecular complexity index is 149. The summed E-state index contributed by atoms with van der Waals surface area (Å²) >= 11 is 0. The molecule has 1 spiro atoms. The average Bonchev–Trinajstić information content (AvgIpc) is 2.20. The van der Waals surface area contributed by atoms with E-state index in [1.165, 1.54) is 57.9 Å². The molecule has 0 unspecified atom stereocenters. The minimum Gasteiger partial charge on any atom is -0.311 e. The lowest BCUT2D eigenvalue weighted by atomic mass is 9.72. The number of piperidine rings is 1. The second-order valence-corrected chi connectivity index (χ2v) is 5.02. The quantitative estimate of drug-likeness (QED) is 0.655. The predicted molar refractivity (Wildman–Crippen MR) is 56.8 cm³/mol. The van der Waals surface area contributed by atoms with Gasteiger partial charge in [0.2, 0.25) is 0 Å². The lowest BCUT2D eigenvalue weighted by Gasteiger charge is -2.43. The van der Waals surface area contributed by atoms with Gasteiger partial charge in [-0.3, -0.25) is 0 Å². The summed E-state index contributed by atoms with van der Waals surface area (Å²) in [6, 6.07) is 0. The minimum atomic E-state index is 0.587. The Morgan fingerprint density at radius 2 is 1.92 bits per heavy atom. The van der Waals surface area contributed by atoms with E-state index >= 15 is 0 Å². The Labute approximate surface area is 82.3 Å². The summed E-state index contributed by atoms with van der Waals surface area (Å²) in [6.45, 7) is 3.62. The summed E-state index contributed by atoms with van der Waals surface area (Å²) in [6.07, 6.45) is 11.6. The fraction of sp³-hybridized carbons (Fsp3) is 1.00. The summed E-state index contributed by atoms with van der Waals surface area (Å²) in [5.74, 6) is 1.04. The van der Waals surface area contributed by atoms with Crippen molar-refractivity contribution in [1.29, 1.82) is 0 Å². The van der Waals surface area contributed by atoms with Crippen LogP contribution in [0.2, 0.25) is 0 Å². The van der Waals surface area contributed by atoms with E-state index in [1.54, 1.807) is 0 Å². The Hall–Kier alpha value is -0.0400. The summed E-state index contributed by atoms with van der Waals surface area (Å²) in [5.41, 5.74) is 0.587. The van der Waals surface area contributed by atoms with Crippen molar-refractivity contribution in [1.82, 2.24) is 5.32 Å². The minimum absolute atomic E-state index is 0.587. The molecule has 1 aliphatic heterocycles. The van der Waals surface area contributed by atoms with Gasteiger partial charge in [-0.1, -0.05) is 19.8 Å².